The highest BCUT2D eigenvalue weighted by atomic mass is 14.5. The normalized spacial score (nSPS) is 23.8. The monoisotopic (exact) mass is 182 g/mol. The van der Waals surface area contributed by atoms with Crippen LogP contribution in [-0.2, 0) is 0 Å². The minimum absolute atomic E-state index is 0.704. The fourth-order valence-corrected chi connectivity index (χ4v) is 3.39. The number of hydrogen-bond donors (Lipinski definition) is 0. The van der Waals surface area contributed by atoms with Crippen molar-refractivity contribution in [3.63, 3.8) is 0 Å². The van der Waals surface area contributed by atoms with E-state index in [1.54, 1.807) is 0 Å². The van der Waals surface area contributed by atoms with Gasteiger partial charge in [0.25, 0.3) is 0 Å². The Morgan fingerprint density at radius 2 is 1.62 bits per heavy atom. The standard InChI is InChI=1S/C13H26/c1-5-8-12(4)13(11(2)3)9-6-7-10-13/h11-12H,5-10H2,1-4H3. The summed E-state index contributed by atoms with van der Waals surface area (Å²) in [4.78, 5) is 0. The Kier molecular flexibility index (Phi) is 3.82. The summed E-state index contributed by atoms with van der Waals surface area (Å²) in [6, 6.07) is 0. The van der Waals surface area contributed by atoms with E-state index in [2.05, 4.69) is 27.7 Å². The number of hydrogen-bond acceptors (Lipinski definition) is 0. The van der Waals surface area contributed by atoms with Gasteiger partial charge in [0.15, 0.2) is 0 Å². The summed E-state index contributed by atoms with van der Waals surface area (Å²) in [6.07, 6.45) is 8.73. The average Bonchev–Trinajstić information content (AvgIpc) is 2.53. The van der Waals surface area contributed by atoms with Crippen molar-refractivity contribution in [3.05, 3.63) is 0 Å². The van der Waals surface area contributed by atoms with E-state index in [-0.39, 0.29) is 0 Å². The Hall–Kier alpha value is 0. The zero-order valence-corrected chi connectivity index (χ0v) is 9.90. The van der Waals surface area contributed by atoms with Gasteiger partial charge >= 0.3 is 0 Å². The van der Waals surface area contributed by atoms with Crippen molar-refractivity contribution < 1.29 is 0 Å². The quantitative estimate of drug-likeness (QED) is 0.594. The molecule has 0 N–H and O–H groups in total. The molecular formula is C13H26. The molecule has 1 unspecified atom stereocenters. The predicted octanol–water partition coefficient (Wildman–Crippen LogP) is 4.64. The van der Waals surface area contributed by atoms with Crippen LogP contribution in [0.25, 0.3) is 0 Å². The second-order valence-electron chi connectivity index (χ2n) is 5.28. The van der Waals surface area contributed by atoms with Gasteiger partial charge < -0.3 is 0 Å². The molecular weight excluding hydrogens is 156 g/mol. The lowest BCUT2D eigenvalue weighted by atomic mass is 9.66. The molecule has 1 aliphatic rings. The van der Waals surface area contributed by atoms with Crippen LogP contribution in [0.1, 0.15) is 66.2 Å². The van der Waals surface area contributed by atoms with Crippen molar-refractivity contribution in [2.45, 2.75) is 66.2 Å². The van der Waals surface area contributed by atoms with Crippen LogP contribution in [0.3, 0.4) is 0 Å². The SMILES string of the molecule is CCCC(C)C1(C(C)C)CCCC1. The van der Waals surface area contributed by atoms with Gasteiger partial charge in [-0.25, -0.2) is 0 Å². The minimum atomic E-state index is 0.704. The highest BCUT2D eigenvalue weighted by molar-refractivity contribution is 4.90. The number of rotatable bonds is 4. The van der Waals surface area contributed by atoms with Gasteiger partial charge in [0, 0.05) is 0 Å². The van der Waals surface area contributed by atoms with Crippen LogP contribution >= 0.6 is 0 Å². The first-order valence-electron chi connectivity index (χ1n) is 6.13. The Morgan fingerprint density at radius 1 is 1.08 bits per heavy atom. The lowest BCUT2D eigenvalue weighted by Gasteiger charge is -2.39. The smallest absolute Gasteiger partial charge is 0.0249 e. The topological polar surface area (TPSA) is 0 Å². The van der Waals surface area contributed by atoms with Crippen molar-refractivity contribution in [3.8, 4) is 0 Å². The van der Waals surface area contributed by atoms with Crippen molar-refractivity contribution in [1.82, 2.24) is 0 Å². The molecule has 1 saturated carbocycles. The van der Waals surface area contributed by atoms with E-state index < -0.39 is 0 Å². The van der Waals surface area contributed by atoms with Gasteiger partial charge in [-0.1, -0.05) is 53.4 Å². The molecule has 0 bridgehead atoms. The molecule has 0 radical (unpaired) electrons. The Balaban J connectivity index is 2.66. The van der Waals surface area contributed by atoms with E-state index >= 15 is 0 Å². The molecule has 0 aromatic carbocycles. The molecule has 1 aliphatic carbocycles. The van der Waals surface area contributed by atoms with Gasteiger partial charge in [-0.2, -0.15) is 0 Å². The Bertz CT molecular complexity index is 140. The molecule has 0 spiro atoms. The van der Waals surface area contributed by atoms with E-state index in [0.717, 1.165) is 11.8 Å². The van der Waals surface area contributed by atoms with E-state index in [0.29, 0.717) is 5.41 Å². The first kappa shape index (κ1) is 11.1. The molecule has 0 heterocycles. The molecule has 0 nitrogen and oxygen atoms in total. The average molecular weight is 182 g/mol. The third kappa shape index (κ3) is 2.08. The van der Waals surface area contributed by atoms with Crippen LogP contribution in [0.4, 0.5) is 0 Å². The third-order valence-corrected chi connectivity index (χ3v) is 4.39. The molecule has 1 fully saturated rings. The van der Waals surface area contributed by atoms with E-state index in [1.165, 1.54) is 38.5 Å². The fraction of sp³-hybridized carbons (Fsp3) is 1.00. The minimum Gasteiger partial charge on any atom is -0.0654 e. The molecule has 1 rings (SSSR count). The molecule has 0 aromatic heterocycles. The molecule has 0 saturated heterocycles. The Morgan fingerprint density at radius 3 is 2.00 bits per heavy atom. The van der Waals surface area contributed by atoms with Gasteiger partial charge in [-0.3, -0.25) is 0 Å². The Labute approximate surface area is 84.1 Å². The lowest BCUT2D eigenvalue weighted by molar-refractivity contribution is 0.101. The van der Waals surface area contributed by atoms with E-state index in [4.69, 9.17) is 0 Å². The third-order valence-electron chi connectivity index (χ3n) is 4.39. The van der Waals surface area contributed by atoms with E-state index in [9.17, 15) is 0 Å². The maximum absolute atomic E-state index is 2.48. The molecule has 0 amide bonds. The van der Waals surface area contributed by atoms with Crippen molar-refractivity contribution >= 4 is 0 Å². The molecule has 0 heteroatoms. The maximum atomic E-state index is 2.48. The van der Waals surface area contributed by atoms with Crippen molar-refractivity contribution in [1.29, 1.82) is 0 Å². The first-order valence-corrected chi connectivity index (χ1v) is 6.13. The van der Waals surface area contributed by atoms with Gasteiger partial charge in [0.05, 0.1) is 0 Å². The van der Waals surface area contributed by atoms with Gasteiger partial charge in [-0.15, -0.1) is 0 Å². The van der Waals surface area contributed by atoms with Crippen molar-refractivity contribution in [2.75, 3.05) is 0 Å². The van der Waals surface area contributed by atoms with Crippen LogP contribution in [0.2, 0.25) is 0 Å². The summed E-state index contributed by atoms with van der Waals surface area (Å²) in [5.74, 6) is 1.83. The van der Waals surface area contributed by atoms with Gasteiger partial charge in [0.2, 0.25) is 0 Å². The van der Waals surface area contributed by atoms with Crippen LogP contribution in [0, 0.1) is 17.3 Å². The van der Waals surface area contributed by atoms with Gasteiger partial charge in [-0.05, 0) is 30.1 Å². The summed E-state index contributed by atoms with van der Waals surface area (Å²) in [6.45, 7) is 9.66. The summed E-state index contributed by atoms with van der Waals surface area (Å²) < 4.78 is 0. The summed E-state index contributed by atoms with van der Waals surface area (Å²) in [5.41, 5.74) is 0.704. The predicted molar refractivity (Wildman–Crippen MR) is 59.8 cm³/mol. The molecule has 0 aliphatic heterocycles. The van der Waals surface area contributed by atoms with Crippen LogP contribution in [0.5, 0.6) is 0 Å². The molecule has 0 aromatic rings. The summed E-state index contributed by atoms with van der Waals surface area (Å²) >= 11 is 0. The molecule has 78 valence electrons. The second kappa shape index (κ2) is 4.48. The zero-order valence-electron chi connectivity index (χ0n) is 9.90. The molecule has 1 atom stereocenters. The molecule has 13 heavy (non-hydrogen) atoms. The summed E-state index contributed by atoms with van der Waals surface area (Å²) in [7, 11) is 0. The largest absolute Gasteiger partial charge is 0.0654 e. The highest BCUT2D eigenvalue weighted by Gasteiger charge is 2.40. The maximum Gasteiger partial charge on any atom is -0.0249 e. The lowest BCUT2D eigenvalue weighted by Crippen LogP contribution is -2.31. The highest BCUT2D eigenvalue weighted by Crippen LogP contribution is 2.51. The first-order chi connectivity index (χ1) is 6.13. The summed E-state index contributed by atoms with van der Waals surface area (Å²) in [5, 5.41) is 0. The van der Waals surface area contributed by atoms with Crippen LogP contribution in [-0.4, -0.2) is 0 Å². The fourth-order valence-electron chi connectivity index (χ4n) is 3.39. The van der Waals surface area contributed by atoms with Crippen molar-refractivity contribution in [2.24, 2.45) is 17.3 Å². The van der Waals surface area contributed by atoms with E-state index in [1.807, 2.05) is 0 Å². The van der Waals surface area contributed by atoms with Crippen LogP contribution in [0.15, 0.2) is 0 Å². The zero-order chi connectivity index (χ0) is 9.90. The second-order valence-corrected chi connectivity index (χ2v) is 5.28. The van der Waals surface area contributed by atoms with Gasteiger partial charge in [0.1, 0.15) is 0 Å². The van der Waals surface area contributed by atoms with Crippen LogP contribution < -0.4 is 0 Å².